The normalized spacial score (nSPS) is 27.7. The second kappa shape index (κ2) is 16.7. The number of fused-ring (bicyclic) bond motifs is 5. The Hall–Kier alpha value is -2.18. The molecule has 0 amide bonds. The van der Waals surface area contributed by atoms with Gasteiger partial charge in [-0.1, -0.05) is 56.3 Å². The number of benzene rings is 1. The second-order valence-electron chi connectivity index (χ2n) is 14.3. The van der Waals surface area contributed by atoms with Gasteiger partial charge >= 0.3 is 24.0 Å². The van der Waals surface area contributed by atoms with Crippen LogP contribution in [0.1, 0.15) is 114 Å². The van der Waals surface area contributed by atoms with Gasteiger partial charge in [-0.3, -0.25) is 0 Å². The van der Waals surface area contributed by atoms with E-state index in [-0.39, 0.29) is 17.3 Å². The first-order valence-corrected chi connectivity index (χ1v) is 18.8. The summed E-state index contributed by atoms with van der Waals surface area (Å²) < 4.78 is 80.3. The monoisotopic (exact) mass is 704 g/mol. The molecule has 3 aliphatic carbocycles. The Kier molecular flexibility index (Phi) is 13.4. The smallest absolute Gasteiger partial charge is 0.453 e. The first-order chi connectivity index (χ1) is 22.6. The topological polar surface area (TPSA) is 107 Å². The zero-order valence-electron chi connectivity index (χ0n) is 27.6. The van der Waals surface area contributed by atoms with Crippen LogP contribution in [0.3, 0.4) is 0 Å². The van der Waals surface area contributed by atoms with E-state index in [0.717, 1.165) is 89.2 Å². The molecule has 1 unspecified atom stereocenters. The molecule has 4 rings (SSSR count). The highest BCUT2D eigenvalue weighted by molar-refractivity contribution is 7.91. The average molecular weight is 705 g/mol. The van der Waals surface area contributed by atoms with Crippen LogP contribution in [0.15, 0.2) is 30.4 Å². The lowest BCUT2D eigenvalue weighted by Gasteiger charge is -2.53. The van der Waals surface area contributed by atoms with Gasteiger partial charge in [0.1, 0.15) is 17.3 Å². The minimum atomic E-state index is -5.57. The number of carboxylic acid groups (broad SMARTS) is 1. The summed E-state index contributed by atoms with van der Waals surface area (Å²) in [5.41, 5.74) is 2.39. The summed E-state index contributed by atoms with van der Waals surface area (Å²) >= 11 is -1.39. The lowest BCUT2D eigenvalue weighted by atomic mass is 9.52. The fourth-order valence-corrected chi connectivity index (χ4v) is 9.82. The largest absolute Gasteiger partial charge is 0.616 e. The summed E-state index contributed by atoms with van der Waals surface area (Å²) in [5.74, 6) is -4.39. The van der Waals surface area contributed by atoms with E-state index in [0.29, 0.717) is 41.6 Å². The minimum Gasteiger partial charge on any atom is -0.616 e. The van der Waals surface area contributed by atoms with Gasteiger partial charge in [0.2, 0.25) is 0 Å². The van der Waals surface area contributed by atoms with Gasteiger partial charge in [0.25, 0.3) is 0 Å². The van der Waals surface area contributed by atoms with Crippen LogP contribution in [0.25, 0.3) is 0 Å². The zero-order valence-corrected chi connectivity index (χ0v) is 28.4. The summed E-state index contributed by atoms with van der Waals surface area (Å²) in [6.07, 6.45) is 6.47. The Balaban J connectivity index is 1.24. The van der Waals surface area contributed by atoms with Crippen molar-refractivity contribution in [1.82, 2.24) is 0 Å². The number of rotatable bonds is 17. The van der Waals surface area contributed by atoms with Crippen molar-refractivity contribution in [3.63, 3.8) is 0 Å². The molecule has 0 aliphatic heterocycles. The van der Waals surface area contributed by atoms with Crippen LogP contribution in [0, 0.1) is 23.2 Å². The van der Waals surface area contributed by atoms with Crippen LogP contribution < -0.4 is 4.74 Å². The minimum absolute atomic E-state index is 0.0688. The molecule has 1 aromatic carbocycles. The van der Waals surface area contributed by atoms with E-state index in [9.17, 15) is 41.2 Å². The molecule has 0 heterocycles. The molecule has 0 spiro atoms. The predicted molar refractivity (Wildman–Crippen MR) is 173 cm³/mol. The van der Waals surface area contributed by atoms with E-state index in [1.807, 2.05) is 6.07 Å². The third kappa shape index (κ3) is 9.74. The molecule has 0 saturated heterocycles. The van der Waals surface area contributed by atoms with Gasteiger partial charge in [-0.25, -0.2) is 9.59 Å². The summed E-state index contributed by atoms with van der Waals surface area (Å²) in [6, 6.07) is 5.77. The van der Waals surface area contributed by atoms with Gasteiger partial charge in [-0.2, -0.15) is 22.0 Å². The maximum atomic E-state index is 13.0. The fraction of sp³-hybridized carbons (Fsp3) is 0.722. The van der Waals surface area contributed by atoms with Gasteiger partial charge in [0.05, 0.1) is 6.10 Å². The molecule has 6 nitrogen and oxygen atoms in total. The van der Waals surface area contributed by atoms with E-state index in [1.165, 1.54) is 11.1 Å². The number of carboxylic acids is 1. The quantitative estimate of drug-likeness (QED) is 0.0421. The summed E-state index contributed by atoms with van der Waals surface area (Å²) in [6.45, 7) is 2.26. The Labute approximate surface area is 283 Å². The maximum Gasteiger partial charge on any atom is 0.453 e. The molecule has 7 atom stereocenters. The lowest BCUT2D eigenvalue weighted by Crippen LogP contribution is -2.47. The number of aliphatic carboxylic acids is 1. The van der Waals surface area contributed by atoms with E-state index in [1.54, 1.807) is 6.07 Å². The first-order valence-electron chi connectivity index (χ1n) is 17.4. The van der Waals surface area contributed by atoms with Crippen molar-refractivity contribution in [2.75, 3.05) is 11.5 Å². The number of carbonyl (C=O) groups excluding carboxylic acids is 1. The molecule has 48 heavy (non-hydrogen) atoms. The number of aliphatic hydroxyl groups is 1. The van der Waals surface area contributed by atoms with Crippen LogP contribution in [-0.4, -0.2) is 56.4 Å². The lowest BCUT2D eigenvalue weighted by molar-refractivity contribution is -0.284. The predicted octanol–water partition coefficient (Wildman–Crippen LogP) is 8.52. The van der Waals surface area contributed by atoms with Crippen LogP contribution in [-0.2, 0) is 27.2 Å². The molecule has 12 heteroatoms. The average Bonchev–Trinajstić information content (AvgIpc) is 3.32. The van der Waals surface area contributed by atoms with Gasteiger partial charge in [-0.05, 0) is 110 Å². The standard InChI is InChI=1S/C36H49F5O6S/c1-34-19-17-28-27-12-11-26(47-32(45)16-15-31(43)44)23-25(27)22-24(33(28)29(34)13-14-30(34)42)10-7-5-3-2-4-6-8-20-48(46)21-9-18-35(37,38)36(39,40)41/h11-12,15-16,23-24,28-30,33,42H,2-10,13-14,17-22H2,1H3,(H,43,44)/t24-,28-,29+,30+,33-,34+,48?/m1/s1. The number of unbranched alkanes of at least 4 members (excludes halogenated alkanes) is 6. The Morgan fingerprint density at radius 2 is 1.65 bits per heavy atom. The van der Waals surface area contributed by atoms with Crippen molar-refractivity contribution in [3.05, 3.63) is 41.5 Å². The number of esters is 1. The second-order valence-corrected chi connectivity index (χ2v) is 16.0. The molecule has 2 N–H and O–H groups in total. The molecule has 2 fully saturated rings. The third-order valence-electron chi connectivity index (χ3n) is 11.1. The highest BCUT2D eigenvalue weighted by atomic mass is 32.2. The van der Waals surface area contributed by atoms with Crippen LogP contribution in [0.4, 0.5) is 22.0 Å². The third-order valence-corrected chi connectivity index (χ3v) is 12.6. The number of alkyl halides is 5. The molecular weight excluding hydrogens is 655 g/mol. The van der Waals surface area contributed by atoms with Crippen molar-refractivity contribution >= 4 is 23.1 Å². The molecule has 0 bridgehead atoms. The Morgan fingerprint density at radius 1 is 0.979 bits per heavy atom. The highest BCUT2D eigenvalue weighted by Gasteiger charge is 2.57. The van der Waals surface area contributed by atoms with Gasteiger partial charge < -0.3 is 19.5 Å². The van der Waals surface area contributed by atoms with E-state index < -0.39 is 48.1 Å². The van der Waals surface area contributed by atoms with Gasteiger partial charge in [0, 0.05) is 18.6 Å². The van der Waals surface area contributed by atoms with E-state index in [4.69, 9.17) is 9.84 Å². The van der Waals surface area contributed by atoms with Crippen LogP contribution >= 0.6 is 0 Å². The van der Waals surface area contributed by atoms with Gasteiger partial charge in [-0.15, -0.1) is 0 Å². The Bertz CT molecular complexity index is 1270. The van der Waals surface area contributed by atoms with E-state index >= 15 is 0 Å². The number of aliphatic hydroxyl groups excluding tert-OH is 1. The molecule has 1 aromatic rings. The molecule has 2 saturated carbocycles. The summed E-state index contributed by atoms with van der Waals surface area (Å²) in [7, 11) is 0. The molecule has 270 valence electrons. The molecule has 0 radical (unpaired) electrons. The van der Waals surface area contributed by atoms with Crippen molar-refractivity contribution in [3.8, 4) is 5.75 Å². The van der Waals surface area contributed by atoms with Crippen molar-refractivity contribution < 1.29 is 51.0 Å². The Morgan fingerprint density at radius 3 is 2.33 bits per heavy atom. The highest BCUT2D eigenvalue weighted by Crippen LogP contribution is 2.62. The van der Waals surface area contributed by atoms with Crippen LogP contribution in [0.2, 0.25) is 0 Å². The van der Waals surface area contributed by atoms with Crippen molar-refractivity contribution in [2.24, 2.45) is 23.2 Å². The van der Waals surface area contributed by atoms with Crippen LogP contribution in [0.5, 0.6) is 5.75 Å². The molecule has 0 aromatic heterocycles. The first kappa shape index (κ1) is 38.6. The van der Waals surface area contributed by atoms with E-state index in [2.05, 4.69) is 13.0 Å². The number of hydrogen-bond acceptors (Lipinski definition) is 5. The number of ether oxygens (including phenoxy) is 1. The number of carbonyl (C=O) groups is 2. The molecule has 3 aliphatic rings. The number of halogens is 5. The fourth-order valence-electron chi connectivity index (χ4n) is 8.63. The summed E-state index contributed by atoms with van der Waals surface area (Å²) in [4.78, 5) is 22.9. The molecular formula is C36H49F5O6S. The van der Waals surface area contributed by atoms with Crippen molar-refractivity contribution in [1.29, 1.82) is 0 Å². The number of hydrogen-bond donors (Lipinski definition) is 2. The van der Waals surface area contributed by atoms with Crippen molar-refractivity contribution in [2.45, 2.75) is 127 Å². The zero-order chi connectivity index (χ0) is 35.1. The van der Waals surface area contributed by atoms with Gasteiger partial charge in [0.15, 0.2) is 0 Å². The maximum absolute atomic E-state index is 13.0. The summed E-state index contributed by atoms with van der Waals surface area (Å²) in [5, 5.41) is 19.7. The SMILES string of the molecule is C[C@]12CC[C@@H]3c4ccc(OC(=O)C=CC(=O)O)cc4C[C@@H](CCCCCCCCC[S+]([O-])CCCC(F)(F)C(F)(F)F)[C@H]3[C@@H]1CC[C@@H]2O.